The highest BCUT2D eigenvalue weighted by atomic mass is 32.2. The maximum atomic E-state index is 14.3. The number of nitrogens with zero attached hydrogens (tertiary/aromatic N) is 1. The van der Waals surface area contributed by atoms with Gasteiger partial charge >= 0.3 is 6.03 Å². The lowest BCUT2D eigenvalue weighted by molar-refractivity contribution is -0.144. The fourth-order valence-corrected chi connectivity index (χ4v) is 9.53. The van der Waals surface area contributed by atoms with Crippen molar-refractivity contribution in [1.29, 1.82) is 0 Å². The van der Waals surface area contributed by atoms with Crippen molar-refractivity contribution in [1.82, 2.24) is 20.9 Å². The third kappa shape index (κ3) is 6.62. The average molecular weight is 636 g/mol. The number of Topliss-reactive ketones (excluding diaryl/α,β-unsaturated/α-hetero) is 1. The quantitative estimate of drug-likeness (QED) is 0.234. The third-order valence-electron chi connectivity index (χ3n) is 11.4. The first kappa shape index (κ1) is 32.7. The number of carbonyl (C=O) groups excluding carboxylic acids is 5. The summed E-state index contributed by atoms with van der Waals surface area (Å²) in [6.45, 7) is 6.39. The van der Waals surface area contributed by atoms with Gasteiger partial charge in [0.2, 0.25) is 17.6 Å². The topological polar surface area (TPSA) is 185 Å². The van der Waals surface area contributed by atoms with Crippen LogP contribution in [0.1, 0.15) is 91.4 Å². The van der Waals surface area contributed by atoms with Crippen LogP contribution < -0.4 is 21.7 Å². The van der Waals surface area contributed by atoms with Crippen molar-refractivity contribution in [3.05, 3.63) is 0 Å². The number of nitrogens with two attached hydrogens (primary N) is 1. The van der Waals surface area contributed by atoms with Gasteiger partial charge in [0.05, 0.1) is 17.3 Å². The molecule has 4 saturated carbocycles. The molecule has 5 atom stereocenters. The highest BCUT2D eigenvalue weighted by Gasteiger charge is 2.70. The molecule has 5 fully saturated rings. The highest BCUT2D eigenvalue weighted by molar-refractivity contribution is 7.90. The SMILES string of the molecule is CC1(C)C2CN(C(=O)[C@@H](NC(=O)NC3(CS(C)(=O)=O)CCCCC3)C3(C)CC3)[C@H](C(=O)NC(CC3CCC3)C(=O)C(N)=O)C21. The van der Waals surface area contributed by atoms with Crippen molar-refractivity contribution in [2.24, 2.45) is 34.3 Å². The molecule has 0 aromatic rings. The van der Waals surface area contributed by atoms with Crippen LogP contribution in [0.25, 0.3) is 0 Å². The lowest BCUT2D eigenvalue weighted by Crippen LogP contribution is -2.63. The summed E-state index contributed by atoms with van der Waals surface area (Å²) in [4.78, 5) is 67.7. The summed E-state index contributed by atoms with van der Waals surface area (Å²) in [5.74, 6) is -2.74. The van der Waals surface area contributed by atoms with Gasteiger partial charge < -0.3 is 26.6 Å². The van der Waals surface area contributed by atoms with Gasteiger partial charge in [0.1, 0.15) is 21.9 Å². The van der Waals surface area contributed by atoms with Gasteiger partial charge in [-0.25, -0.2) is 13.2 Å². The van der Waals surface area contributed by atoms with Crippen molar-refractivity contribution in [2.75, 3.05) is 18.6 Å². The molecule has 0 aromatic heterocycles. The molecule has 1 aliphatic heterocycles. The Kier molecular flexibility index (Phi) is 8.61. The average Bonchev–Trinajstić information content (AvgIpc) is 3.68. The van der Waals surface area contributed by atoms with Crippen LogP contribution in [-0.4, -0.2) is 85.1 Å². The Labute approximate surface area is 260 Å². The van der Waals surface area contributed by atoms with E-state index in [1.165, 1.54) is 6.26 Å². The number of urea groups is 1. The van der Waals surface area contributed by atoms with Crippen molar-refractivity contribution >= 4 is 39.4 Å². The minimum Gasteiger partial charge on any atom is -0.363 e. The monoisotopic (exact) mass is 635 g/mol. The first-order valence-electron chi connectivity index (χ1n) is 16.2. The zero-order valence-corrected chi connectivity index (χ0v) is 27.3. The fourth-order valence-electron chi connectivity index (χ4n) is 8.17. The molecule has 0 spiro atoms. The minimum atomic E-state index is -3.37. The van der Waals surface area contributed by atoms with Crippen LogP contribution in [-0.2, 0) is 29.0 Å². The Bertz CT molecular complexity index is 1320. The zero-order valence-electron chi connectivity index (χ0n) is 26.4. The Morgan fingerprint density at radius 1 is 0.932 bits per heavy atom. The van der Waals surface area contributed by atoms with Gasteiger partial charge in [-0.1, -0.05) is 59.3 Å². The van der Waals surface area contributed by atoms with Crippen LogP contribution in [0.4, 0.5) is 4.79 Å². The molecular formula is C31H49N5O7S. The molecule has 4 aliphatic carbocycles. The zero-order chi connectivity index (χ0) is 32.2. The normalized spacial score (nSPS) is 29.3. The van der Waals surface area contributed by atoms with Crippen molar-refractivity contribution in [3.63, 3.8) is 0 Å². The number of piperidine rings is 1. The minimum absolute atomic E-state index is 0.0841. The number of likely N-dealkylation sites (tertiary alicyclic amines) is 1. The number of sulfone groups is 1. The summed E-state index contributed by atoms with van der Waals surface area (Å²) in [7, 11) is -3.37. The lowest BCUT2D eigenvalue weighted by atomic mass is 9.80. The summed E-state index contributed by atoms with van der Waals surface area (Å²) in [6, 6.07) is -3.38. The van der Waals surface area contributed by atoms with E-state index in [1.54, 1.807) is 4.90 Å². The van der Waals surface area contributed by atoms with Crippen molar-refractivity contribution in [2.45, 2.75) is 115 Å². The number of carbonyl (C=O) groups is 5. The van der Waals surface area contributed by atoms with Gasteiger partial charge in [0.25, 0.3) is 5.91 Å². The van der Waals surface area contributed by atoms with Crippen LogP contribution >= 0.6 is 0 Å². The molecule has 5 amide bonds. The first-order valence-corrected chi connectivity index (χ1v) is 18.2. The molecule has 0 radical (unpaired) electrons. The maximum absolute atomic E-state index is 14.3. The summed E-state index contributed by atoms with van der Waals surface area (Å²) in [5, 5.41) is 8.64. The van der Waals surface area contributed by atoms with Crippen molar-refractivity contribution in [3.8, 4) is 0 Å². The molecule has 12 nitrogen and oxygen atoms in total. The van der Waals surface area contributed by atoms with E-state index >= 15 is 0 Å². The number of rotatable bonds is 12. The van der Waals surface area contributed by atoms with Crippen LogP contribution in [0.15, 0.2) is 0 Å². The molecule has 5 N–H and O–H groups in total. The van der Waals surface area contributed by atoms with E-state index in [0.717, 1.165) is 51.4 Å². The van der Waals surface area contributed by atoms with E-state index in [9.17, 15) is 32.4 Å². The van der Waals surface area contributed by atoms with E-state index in [4.69, 9.17) is 5.73 Å². The number of hydrogen-bond acceptors (Lipinski definition) is 7. The molecule has 1 heterocycles. The van der Waals surface area contributed by atoms with Gasteiger partial charge in [-0.2, -0.15) is 0 Å². The van der Waals surface area contributed by atoms with Gasteiger partial charge in [-0.15, -0.1) is 0 Å². The van der Waals surface area contributed by atoms with Gasteiger partial charge in [0.15, 0.2) is 0 Å². The third-order valence-corrected chi connectivity index (χ3v) is 12.5. The first-order chi connectivity index (χ1) is 20.5. The second-order valence-electron chi connectivity index (χ2n) is 15.3. The Balaban J connectivity index is 1.34. The number of primary amides is 1. The van der Waals surface area contributed by atoms with Gasteiger partial charge in [-0.3, -0.25) is 19.2 Å². The predicted octanol–water partition coefficient (Wildman–Crippen LogP) is 1.41. The number of amides is 5. The summed E-state index contributed by atoms with van der Waals surface area (Å²) in [5.41, 5.74) is 3.75. The molecule has 1 saturated heterocycles. The van der Waals surface area contributed by atoms with Crippen LogP contribution in [0.2, 0.25) is 0 Å². The van der Waals surface area contributed by atoms with E-state index in [-0.39, 0.29) is 34.8 Å². The molecule has 3 unspecified atom stereocenters. The number of ketones is 1. The highest BCUT2D eigenvalue weighted by Crippen LogP contribution is 2.65. The summed E-state index contributed by atoms with van der Waals surface area (Å²) in [6.07, 6.45) is 9.49. The Hall–Kier alpha value is -2.70. The molecule has 44 heavy (non-hydrogen) atoms. The van der Waals surface area contributed by atoms with E-state index in [2.05, 4.69) is 29.8 Å². The molecule has 13 heteroatoms. The Morgan fingerprint density at radius 3 is 2.09 bits per heavy atom. The largest absolute Gasteiger partial charge is 0.363 e. The second-order valence-corrected chi connectivity index (χ2v) is 17.4. The van der Waals surface area contributed by atoms with Crippen LogP contribution in [0, 0.1) is 28.6 Å². The molecule has 5 aliphatic rings. The van der Waals surface area contributed by atoms with Crippen molar-refractivity contribution < 1.29 is 32.4 Å². The second kappa shape index (κ2) is 11.6. The maximum Gasteiger partial charge on any atom is 0.315 e. The number of nitrogens with one attached hydrogen (secondary N) is 3. The number of hydrogen-bond donors (Lipinski definition) is 4. The molecule has 0 bridgehead atoms. The van der Waals surface area contributed by atoms with E-state index in [0.29, 0.717) is 25.8 Å². The van der Waals surface area contributed by atoms with Gasteiger partial charge in [0, 0.05) is 12.8 Å². The summed E-state index contributed by atoms with van der Waals surface area (Å²) < 4.78 is 24.5. The standard InChI is InChI=1S/C31H49N5O7S/c1-29(2)19-16-36(22(21(19)29)26(39)33-20(23(37)25(32)38)15-18-9-8-10-18)27(40)24(30(3)13-14-30)34-28(41)35-31(17-44(4,42)43)11-6-5-7-12-31/h18-22,24H,5-17H2,1-4H3,(H2,32,38)(H,33,39)(H2,34,35,41)/t19?,20?,21?,22-,24+/m0/s1. The summed E-state index contributed by atoms with van der Waals surface area (Å²) >= 11 is 0. The fraction of sp³-hybridized carbons (Fsp3) is 0.839. The molecule has 5 rings (SSSR count). The number of fused-ring (bicyclic) bond motifs is 1. The molecule has 0 aromatic carbocycles. The predicted molar refractivity (Wildman–Crippen MR) is 163 cm³/mol. The van der Waals surface area contributed by atoms with Gasteiger partial charge in [-0.05, 0) is 60.7 Å². The molecular weight excluding hydrogens is 586 g/mol. The van der Waals surface area contributed by atoms with Crippen LogP contribution in [0.5, 0.6) is 0 Å². The smallest absolute Gasteiger partial charge is 0.315 e. The lowest BCUT2D eigenvalue weighted by Gasteiger charge is -2.39. The Morgan fingerprint density at radius 2 is 1.57 bits per heavy atom. The van der Waals surface area contributed by atoms with E-state index < -0.39 is 62.5 Å². The molecule has 246 valence electrons. The van der Waals surface area contributed by atoms with Crippen LogP contribution in [0.3, 0.4) is 0 Å². The van der Waals surface area contributed by atoms with E-state index in [1.807, 2.05) is 6.92 Å².